The van der Waals surface area contributed by atoms with Crippen molar-refractivity contribution in [2.45, 2.75) is 45.3 Å². The second kappa shape index (κ2) is 10.2. The van der Waals surface area contributed by atoms with Crippen molar-refractivity contribution < 1.29 is 19.0 Å². The van der Waals surface area contributed by atoms with Crippen LogP contribution in [0.1, 0.15) is 42.4 Å². The van der Waals surface area contributed by atoms with Crippen LogP contribution in [0.2, 0.25) is 0 Å². The lowest BCUT2D eigenvalue weighted by atomic mass is 10.1. The monoisotopic (exact) mass is 455 g/mol. The summed E-state index contributed by atoms with van der Waals surface area (Å²) >= 11 is 0. The van der Waals surface area contributed by atoms with Gasteiger partial charge in [-0.1, -0.05) is 18.9 Å². The molecule has 3 aliphatic rings. The molecule has 5 rings (SSSR count). The Labute approximate surface area is 194 Å². The summed E-state index contributed by atoms with van der Waals surface area (Å²) in [6, 6.07) is 6.10. The molecule has 1 aromatic carbocycles. The quantitative estimate of drug-likeness (QED) is 0.713. The zero-order valence-electron chi connectivity index (χ0n) is 19.1. The Morgan fingerprint density at radius 3 is 2.21 bits per heavy atom. The molecule has 3 aliphatic heterocycles. The number of aromatic hydroxyl groups is 1. The minimum atomic E-state index is -0.435. The summed E-state index contributed by atoms with van der Waals surface area (Å²) in [7, 11) is 0. The molecular formula is C25H33N3O5. The minimum absolute atomic E-state index is 0.110. The van der Waals surface area contributed by atoms with Crippen molar-refractivity contribution in [1.29, 1.82) is 0 Å². The zero-order chi connectivity index (χ0) is 22.6. The van der Waals surface area contributed by atoms with Gasteiger partial charge in [-0.15, -0.1) is 0 Å². The molecule has 0 amide bonds. The van der Waals surface area contributed by atoms with Crippen molar-refractivity contribution in [2.75, 3.05) is 46.1 Å². The molecule has 8 nitrogen and oxygen atoms in total. The summed E-state index contributed by atoms with van der Waals surface area (Å²) in [5, 5.41) is 10.9. The van der Waals surface area contributed by atoms with Crippen LogP contribution in [-0.4, -0.2) is 65.9 Å². The number of rotatable bonds is 6. The van der Waals surface area contributed by atoms with E-state index in [1.165, 1.54) is 37.5 Å². The second-order valence-electron chi connectivity index (χ2n) is 9.31. The SMILES string of the molecule is O=c1occ(CN2CCCCCC2)c(O)c1CN1CCN(Cc2ccc3c(c2)OCO3)CC1. The number of fused-ring (bicyclic) bond motifs is 1. The highest BCUT2D eigenvalue weighted by Gasteiger charge is 2.23. The van der Waals surface area contributed by atoms with E-state index in [0.29, 0.717) is 24.2 Å². The first kappa shape index (κ1) is 22.3. The summed E-state index contributed by atoms with van der Waals surface area (Å²) in [5.74, 6) is 1.73. The highest BCUT2D eigenvalue weighted by molar-refractivity contribution is 5.44. The molecule has 0 aliphatic carbocycles. The normalized spacial score (nSPS) is 20.1. The van der Waals surface area contributed by atoms with Crippen LogP contribution < -0.4 is 15.1 Å². The van der Waals surface area contributed by atoms with Crippen molar-refractivity contribution in [3.8, 4) is 17.2 Å². The number of ether oxygens (including phenoxy) is 2. The van der Waals surface area contributed by atoms with Crippen molar-refractivity contribution >= 4 is 0 Å². The third-order valence-corrected chi connectivity index (χ3v) is 6.93. The summed E-state index contributed by atoms with van der Waals surface area (Å²) in [6.07, 6.45) is 6.33. The average Bonchev–Trinajstić information content (AvgIpc) is 3.14. The maximum absolute atomic E-state index is 12.4. The van der Waals surface area contributed by atoms with E-state index < -0.39 is 5.63 Å². The number of hydrogen-bond donors (Lipinski definition) is 1. The fourth-order valence-corrected chi connectivity index (χ4v) is 4.96. The molecule has 2 aromatic rings. The van der Waals surface area contributed by atoms with Crippen LogP contribution in [0, 0.1) is 0 Å². The number of hydrogen-bond acceptors (Lipinski definition) is 8. The van der Waals surface area contributed by atoms with Gasteiger partial charge < -0.3 is 19.0 Å². The highest BCUT2D eigenvalue weighted by atomic mass is 16.7. The average molecular weight is 456 g/mol. The molecule has 0 atom stereocenters. The van der Waals surface area contributed by atoms with Gasteiger partial charge in [0, 0.05) is 51.4 Å². The topological polar surface area (TPSA) is 78.6 Å². The van der Waals surface area contributed by atoms with Crippen LogP contribution in [0.25, 0.3) is 0 Å². The van der Waals surface area contributed by atoms with Gasteiger partial charge in [-0.2, -0.15) is 0 Å². The third kappa shape index (κ3) is 5.34. The molecule has 178 valence electrons. The van der Waals surface area contributed by atoms with E-state index in [0.717, 1.165) is 57.3 Å². The van der Waals surface area contributed by atoms with Gasteiger partial charge in [0.05, 0.1) is 5.56 Å². The number of likely N-dealkylation sites (tertiary alicyclic amines) is 1. The molecule has 0 bridgehead atoms. The Morgan fingerprint density at radius 1 is 0.788 bits per heavy atom. The molecular weight excluding hydrogens is 422 g/mol. The van der Waals surface area contributed by atoms with Crippen molar-refractivity contribution in [3.63, 3.8) is 0 Å². The fraction of sp³-hybridized carbons (Fsp3) is 0.560. The van der Waals surface area contributed by atoms with E-state index in [1.807, 2.05) is 12.1 Å². The zero-order valence-corrected chi connectivity index (χ0v) is 19.1. The Balaban J connectivity index is 1.17. The summed E-state index contributed by atoms with van der Waals surface area (Å²) < 4.78 is 16.2. The van der Waals surface area contributed by atoms with Crippen LogP contribution in [-0.2, 0) is 19.6 Å². The lowest BCUT2D eigenvalue weighted by Gasteiger charge is -2.34. The molecule has 2 saturated heterocycles. The number of benzene rings is 1. The summed E-state index contributed by atoms with van der Waals surface area (Å²) in [4.78, 5) is 19.4. The fourth-order valence-electron chi connectivity index (χ4n) is 4.96. The number of nitrogens with zero attached hydrogens (tertiary/aromatic N) is 3. The first-order chi connectivity index (χ1) is 16.2. The van der Waals surface area contributed by atoms with Gasteiger partial charge in [-0.25, -0.2) is 4.79 Å². The van der Waals surface area contributed by atoms with E-state index in [9.17, 15) is 9.90 Å². The van der Waals surface area contributed by atoms with Gasteiger partial charge in [-0.05, 0) is 43.6 Å². The lowest BCUT2D eigenvalue weighted by molar-refractivity contribution is 0.120. The molecule has 8 heteroatoms. The molecule has 0 spiro atoms. The van der Waals surface area contributed by atoms with Gasteiger partial charge in [0.15, 0.2) is 11.5 Å². The summed E-state index contributed by atoms with van der Waals surface area (Å²) in [5.41, 5.74) is 1.86. The van der Waals surface area contributed by atoms with Crippen LogP contribution in [0.3, 0.4) is 0 Å². The maximum atomic E-state index is 12.4. The molecule has 0 radical (unpaired) electrons. The Morgan fingerprint density at radius 2 is 1.45 bits per heavy atom. The van der Waals surface area contributed by atoms with E-state index in [2.05, 4.69) is 20.8 Å². The predicted octanol–water partition coefficient (Wildman–Crippen LogP) is 2.77. The van der Waals surface area contributed by atoms with E-state index in [1.54, 1.807) is 0 Å². The Kier molecular flexibility index (Phi) is 6.85. The van der Waals surface area contributed by atoms with Gasteiger partial charge in [0.2, 0.25) is 6.79 Å². The van der Waals surface area contributed by atoms with Crippen LogP contribution in [0.15, 0.2) is 33.7 Å². The standard InChI is InChI=1S/C25H33N3O5/c29-24-20(15-26-7-3-1-2-4-8-26)17-31-25(30)21(24)16-28-11-9-27(10-12-28)14-19-5-6-22-23(13-19)33-18-32-22/h5-6,13,17,29H,1-4,7-12,14-16,18H2. The molecule has 0 unspecified atom stereocenters. The lowest BCUT2D eigenvalue weighted by Crippen LogP contribution is -2.45. The molecule has 4 heterocycles. The van der Waals surface area contributed by atoms with Crippen molar-refractivity contribution in [2.24, 2.45) is 0 Å². The van der Waals surface area contributed by atoms with E-state index in [-0.39, 0.29) is 12.5 Å². The summed E-state index contributed by atoms with van der Waals surface area (Å²) in [6.45, 7) is 7.70. The maximum Gasteiger partial charge on any atom is 0.343 e. The predicted molar refractivity (Wildman–Crippen MR) is 124 cm³/mol. The van der Waals surface area contributed by atoms with E-state index in [4.69, 9.17) is 13.9 Å². The molecule has 1 aromatic heterocycles. The van der Waals surface area contributed by atoms with Gasteiger partial charge in [0.25, 0.3) is 0 Å². The molecule has 33 heavy (non-hydrogen) atoms. The second-order valence-corrected chi connectivity index (χ2v) is 9.31. The van der Waals surface area contributed by atoms with Crippen LogP contribution in [0.4, 0.5) is 0 Å². The van der Waals surface area contributed by atoms with Gasteiger partial charge >= 0.3 is 5.63 Å². The Bertz CT molecular complexity index is 1010. The van der Waals surface area contributed by atoms with E-state index >= 15 is 0 Å². The molecule has 1 N–H and O–H groups in total. The number of piperazine rings is 1. The van der Waals surface area contributed by atoms with Crippen molar-refractivity contribution in [3.05, 3.63) is 51.6 Å². The molecule has 2 fully saturated rings. The first-order valence-corrected chi connectivity index (χ1v) is 12.0. The van der Waals surface area contributed by atoms with Crippen LogP contribution >= 0.6 is 0 Å². The minimum Gasteiger partial charge on any atom is -0.507 e. The van der Waals surface area contributed by atoms with Gasteiger partial charge in [0.1, 0.15) is 12.0 Å². The largest absolute Gasteiger partial charge is 0.507 e. The van der Waals surface area contributed by atoms with Gasteiger partial charge in [-0.3, -0.25) is 14.7 Å². The highest BCUT2D eigenvalue weighted by Crippen LogP contribution is 2.33. The first-order valence-electron chi connectivity index (χ1n) is 12.0. The smallest absolute Gasteiger partial charge is 0.343 e. The Hall–Kier alpha value is -2.55. The van der Waals surface area contributed by atoms with Crippen molar-refractivity contribution in [1.82, 2.24) is 14.7 Å². The van der Waals surface area contributed by atoms with Crippen LogP contribution in [0.5, 0.6) is 17.2 Å². The third-order valence-electron chi connectivity index (χ3n) is 6.93. The molecule has 0 saturated carbocycles.